The molecule has 24 heavy (non-hydrogen) atoms. The lowest BCUT2D eigenvalue weighted by molar-refractivity contribution is -0.389. The quantitative estimate of drug-likeness (QED) is 0.443. The number of rotatable bonds is 8. The fourth-order valence-corrected chi connectivity index (χ4v) is 3.58. The second-order valence-electron chi connectivity index (χ2n) is 6.53. The molecule has 0 bridgehead atoms. The molecule has 2 fully saturated rings. The summed E-state index contributed by atoms with van der Waals surface area (Å²) in [6, 6.07) is 1.92. The van der Waals surface area contributed by atoms with Crippen LogP contribution in [0.25, 0.3) is 0 Å². The first-order valence-corrected chi connectivity index (χ1v) is 8.86. The van der Waals surface area contributed by atoms with Crippen LogP contribution in [0.4, 0.5) is 5.82 Å². The molecule has 134 valence electrons. The summed E-state index contributed by atoms with van der Waals surface area (Å²) in [5.41, 5.74) is 0. The van der Waals surface area contributed by atoms with E-state index in [-0.39, 0.29) is 24.0 Å². The van der Waals surface area contributed by atoms with Crippen molar-refractivity contribution in [2.24, 2.45) is 0 Å². The molecule has 2 aliphatic rings. The molecule has 1 aromatic heterocycles. The van der Waals surface area contributed by atoms with Crippen LogP contribution in [0.15, 0.2) is 12.3 Å². The van der Waals surface area contributed by atoms with E-state index < -0.39 is 4.92 Å². The van der Waals surface area contributed by atoms with Gasteiger partial charge in [0.2, 0.25) is 0 Å². The Morgan fingerprint density at radius 1 is 1.38 bits per heavy atom. The number of nitrogens with zero attached hydrogens (tertiary/aromatic N) is 3. The van der Waals surface area contributed by atoms with E-state index in [0.29, 0.717) is 13.2 Å². The summed E-state index contributed by atoms with van der Waals surface area (Å²) in [4.78, 5) is 10.4. The van der Waals surface area contributed by atoms with Crippen molar-refractivity contribution in [1.82, 2.24) is 15.1 Å². The lowest BCUT2D eigenvalue weighted by Crippen LogP contribution is -2.41. The molecule has 8 heteroatoms. The van der Waals surface area contributed by atoms with Gasteiger partial charge in [-0.2, -0.15) is 4.68 Å². The summed E-state index contributed by atoms with van der Waals surface area (Å²) in [6.07, 6.45) is 8.56. The van der Waals surface area contributed by atoms with Crippen molar-refractivity contribution < 1.29 is 14.4 Å². The monoisotopic (exact) mass is 338 g/mol. The Bertz CT molecular complexity index is 530. The molecule has 3 atom stereocenters. The van der Waals surface area contributed by atoms with Crippen molar-refractivity contribution in [1.29, 1.82) is 0 Å². The molecule has 2 heterocycles. The summed E-state index contributed by atoms with van der Waals surface area (Å²) in [6.45, 7) is 2.95. The Morgan fingerprint density at radius 2 is 2.25 bits per heavy atom. The molecular formula is C16H26N4O4. The van der Waals surface area contributed by atoms with Crippen molar-refractivity contribution in [3.05, 3.63) is 22.4 Å². The summed E-state index contributed by atoms with van der Waals surface area (Å²) in [5, 5.41) is 18.5. The van der Waals surface area contributed by atoms with E-state index in [0.717, 1.165) is 45.3 Å². The van der Waals surface area contributed by atoms with Crippen molar-refractivity contribution >= 4 is 5.82 Å². The lowest BCUT2D eigenvalue weighted by atomic mass is 9.90. The normalized spacial score (nSPS) is 27.4. The van der Waals surface area contributed by atoms with Gasteiger partial charge in [-0.05, 0) is 30.6 Å². The van der Waals surface area contributed by atoms with Gasteiger partial charge in [0.1, 0.15) is 0 Å². The molecule has 0 spiro atoms. The van der Waals surface area contributed by atoms with Crippen LogP contribution in [-0.4, -0.2) is 53.2 Å². The zero-order valence-electron chi connectivity index (χ0n) is 13.9. The van der Waals surface area contributed by atoms with Crippen LogP contribution in [0.3, 0.4) is 0 Å². The van der Waals surface area contributed by atoms with Gasteiger partial charge in [-0.1, -0.05) is 12.8 Å². The third-order valence-corrected chi connectivity index (χ3v) is 4.83. The zero-order chi connectivity index (χ0) is 16.8. The molecule has 0 aromatic carbocycles. The van der Waals surface area contributed by atoms with E-state index in [1.807, 2.05) is 0 Å². The second-order valence-corrected chi connectivity index (χ2v) is 6.53. The average Bonchev–Trinajstić information content (AvgIpc) is 3.27. The first-order valence-electron chi connectivity index (χ1n) is 8.86. The Morgan fingerprint density at radius 3 is 3.00 bits per heavy atom. The predicted octanol–water partition coefficient (Wildman–Crippen LogP) is 2.06. The maximum atomic E-state index is 10.8. The minimum absolute atomic E-state index is 0.0841. The Labute approximate surface area is 141 Å². The van der Waals surface area contributed by atoms with Crippen LogP contribution in [0.5, 0.6) is 0 Å². The molecule has 8 nitrogen and oxygen atoms in total. The van der Waals surface area contributed by atoms with E-state index in [1.54, 1.807) is 10.9 Å². The lowest BCUT2D eigenvalue weighted by Gasteiger charge is -2.30. The van der Waals surface area contributed by atoms with Crippen LogP contribution in [-0.2, 0) is 9.47 Å². The molecule has 0 unspecified atom stereocenters. The first-order chi connectivity index (χ1) is 11.7. The van der Waals surface area contributed by atoms with Crippen molar-refractivity contribution in [3.63, 3.8) is 0 Å². The predicted molar refractivity (Wildman–Crippen MR) is 88.0 cm³/mol. The van der Waals surface area contributed by atoms with Crippen LogP contribution >= 0.6 is 0 Å². The minimum atomic E-state index is -0.444. The molecule has 0 amide bonds. The minimum Gasteiger partial charge on any atom is -0.377 e. The molecule has 1 saturated carbocycles. The third-order valence-electron chi connectivity index (χ3n) is 4.83. The van der Waals surface area contributed by atoms with Gasteiger partial charge in [0.25, 0.3) is 0 Å². The van der Waals surface area contributed by atoms with Crippen molar-refractivity contribution in [3.8, 4) is 0 Å². The highest BCUT2D eigenvalue weighted by molar-refractivity contribution is 5.14. The van der Waals surface area contributed by atoms with Crippen LogP contribution < -0.4 is 5.32 Å². The first kappa shape index (κ1) is 17.3. The molecule has 3 rings (SSSR count). The number of nitrogens with one attached hydrogen (secondary N) is 1. The summed E-state index contributed by atoms with van der Waals surface area (Å²) in [7, 11) is 0. The van der Waals surface area contributed by atoms with Crippen LogP contribution in [0, 0.1) is 10.1 Å². The molecule has 1 aliphatic carbocycles. The van der Waals surface area contributed by atoms with Gasteiger partial charge in [0, 0.05) is 19.2 Å². The summed E-state index contributed by atoms with van der Waals surface area (Å²) >= 11 is 0. The summed E-state index contributed by atoms with van der Waals surface area (Å²) < 4.78 is 13.0. The zero-order valence-corrected chi connectivity index (χ0v) is 13.9. The van der Waals surface area contributed by atoms with E-state index in [4.69, 9.17) is 9.47 Å². The molecule has 1 N–H and O–H groups in total. The standard InChI is InChI=1S/C16H26N4O4/c21-20(22)16-7-9-19(18-16)15-6-2-1-5-14(15)17-8-11-23-12-13-4-3-10-24-13/h7,9,13-15,17H,1-6,8,10-12H2/t13-,14-,15+/m0/s1. The SMILES string of the molecule is O=[N+]([O-])c1ccn([C@@H]2CCCC[C@@H]2NCCOC[C@@H]2CCCO2)n1. The Hall–Kier alpha value is -1.51. The van der Waals surface area contributed by atoms with Crippen molar-refractivity contribution in [2.45, 2.75) is 56.7 Å². The van der Waals surface area contributed by atoms with Crippen LogP contribution in [0.1, 0.15) is 44.6 Å². The van der Waals surface area contributed by atoms with E-state index >= 15 is 0 Å². The van der Waals surface area contributed by atoms with Crippen molar-refractivity contribution in [2.75, 3.05) is 26.4 Å². The van der Waals surface area contributed by atoms with Crippen LogP contribution in [0.2, 0.25) is 0 Å². The Balaban J connectivity index is 1.44. The largest absolute Gasteiger partial charge is 0.389 e. The maximum Gasteiger partial charge on any atom is 0.389 e. The fraction of sp³-hybridized carbons (Fsp3) is 0.812. The molecule has 1 aliphatic heterocycles. The van der Waals surface area contributed by atoms with Gasteiger partial charge in [-0.15, -0.1) is 0 Å². The highest BCUT2D eigenvalue weighted by Crippen LogP contribution is 2.29. The molecule has 1 saturated heterocycles. The number of hydrogen-bond donors (Lipinski definition) is 1. The van der Waals surface area contributed by atoms with E-state index in [9.17, 15) is 10.1 Å². The fourth-order valence-electron chi connectivity index (χ4n) is 3.58. The number of ether oxygens (including phenoxy) is 2. The highest BCUT2D eigenvalue weighted by Gasteiger charge is 2.29. The van der Waals surface area contributed by atoms with Gasteiger partial charge in [0.05, 0.1) is 42.7 Å². The molecule has 0 radical (unpaired) electrons. The molecular weight excluding hydrogens is 312 g/mol. The van der Waals surface area contributed by atoms with Gasteiger partial charge in [0.15, 0.2) is 0 Å². The summed E-state index contributed by atoms with van der Waals surface area (Å²) in [5.74, 6) is -0.0841. The van der Waals surface area contributed by atoms with Gasteiger partial charge in [-0.25, -0.2) is 0 Å². The Kier molecular flexibility index (Phi) is 6.17. The van der Waals surface area contributed by atoms with E-state index in [2.05, 4.69) is 10.4 Å². The van der Waals surface area contributed by atoms with Gasteiger partial charge < -0.3 is 24.9 Å². The number of aromatic nitrogens is 2. The topological polar surface area (TPSA) is 91.5 Å². The van der Waals surface area contributed by atoms with Gasteiger partial charge in [-0.3, -0.25) is 0 Å². The molecule has 1 aromatic rings. The number of hydrogen-bond acceptors (Lipinski definition) is 6. The average molecular weight is 338 g/mol. The van der Waals surface area contributed by atoms with Gasteiger partial charge >= 0.3 is 5.82 Å². The van der Waals surface area contributed by atoms with E-state index in [1.165, 1.54) is 12.5 Å². The highest BCUT2D eigenvalue weighted by atomic mass is 16.6. The maximum absolute atomic E-state index is 10.8. The second kappa shape index (κ2) is 8.55. The smallest absolute Gasteiger partial charge is 0.377 e. The number of nitro groups is 1. The third kappa shape index (κ3) is 4.52.